The molecule has 0 atom stereocenters. The number of phenols is 1. The van der Waals surface area contributed by atoms with Gasteiger partial charge in [0.1, 0.15) is 17.1 Å². The summed E-state index contributed by atoms with van der Waals surface area (Å²) in [7, 11) is 1.77. The van der Waals surface area contributed by atoms with Crippen LogP contribution in [0, 0.1) is 0 Å². The topological polar surface area (TPSA) is 65.9 Å². The minimum atomic E-state index is -0.232. The lowest BCUT2D eigenvalue weighted by Gasteiger charge is -2.23. The molecule has 0 bridgehead atoms. The van der Waals surface area contributed by atoms with Crippen LogP contribution < -0.4 is 15.4 Å². The van der Waals surface area contributed by atoms with Gasteiger partial charge >= 0.3 is 0 Å². The second-order valence-corrected chi connectivity index (χ2v) is 7.44. The molecule has 0 spiro atoms. The van der Waals surface area contributed by atoms with Crippen LogP contribution in [-0.4, -0.2) is 30.3 Å². The van der Waals surface area contributed by atoms with Gasteiger partial charge in [0.25, 0.3) is 0 Å². The zero-order chi connectivity index (χ0) is 19.7. The summed E-state index contributed by atoms with van der Waals surface area (Å²) in [6, 6.07) is 15.4. The van der Waals surface area contributed by atoms with Gasteiger partial charge < -0.3 is 20.5 Å². The fourth-order valence-corrected chi connectivity index (χ4v) is 2.64. The van der Waals surface area contributed by atoms with Crippen LogP contribution in [0.3, 0.4) is 0 Å². The van der Waals surface area contributed by atoms with Gasteiger partial charge in [0.05, 0.1) is 0 Å². The first-order chi connectivity index (χ1) is 12.9. The third kappa shape index (κ3) is 7.60. The highest BCUT2D eigenvalue weighted by atomic mass is 16.5. The molecule has 146 valence electrons. The number of aryl methyl sites for hydroxylation is 1. The average molecular weight is 370 g/mol. The number of aromatic hydroxyl groups is 1. The third-order valence-corrected chi connectivity index (χ3v) is 3.93. The Labute approximate surface area is 162 Å². The van der Waals surface area contributed by atoms with Gasteiger partial charge in [-0.1, -0.05) is 30.3 Å². The molecule has 0 radical (unpaired) electrons. The largest absolute Gasteiger partial charge is 0.508 e. The molecule has 2 aromatic rings. The zero-order valence-electron chi connectivity index (χ0n) is 16.7. The monoisotopic (exact) mass is 369 g/mol. The van der Waals surface area contributed by atoms with Crippen LogP contribution in [0.25, 0.3) is 0 Å². The van der Waals surface area contributed by atoms with Crippen molar-refractivity contribution in [3.05, 3.63) is 59.7 Å². The normalized spacial score (nSPS) is 11.9. The second kappa shape index (κ2) is 9.86. The molecule has 0 saturated heterocycles. The van der Waals surface area contributed by atoms with Crippen molar-refractivity contribution in [1.29, 1.82) is 0 Å². The molecule has 0 aliphatic carbocycles. The van der Waals surface area contributed by atoms with E-state index in [1.807, 2.05) is 51.1 Å². The number of nitrogens with one attached hydrogen (secondary N) is 2. The van der Waals surface area contributed by atoms with Crippen LogP contribution in [0.1, 0.15) is 38.3 Å². The first-order valence-corrected chi connectivity index (χ1v) is 9.37. The number of rotatable bonds is 7. The van der Waals surface area contributed by atoms with Crippen molar-refractivity contribution < 1.29 is 9.84 Å². The molecule has 2 aromatic carbocycles. The van der Waals surface area contributed by atoms with E-state index in [1.165, 1.54) is 5.56 Å². The number of benzene rings is 2. The molecule has 5 nitrogen and oxygen atoms in total. The average Bonchev–Trinajstić information content (AvgIpc) is 2.62. The maximum Gasteiger partial charge on any atom is 0.191 e. The molecule has 5 heteroatoms. The molecule has 0 fully saturated rings. The van der Waals surface area contributed by atoms with Crippen LogP contribution in [0.2, 0.25) is 0 Å². The standard InChI is InChI=1S/C22H31N3O2/c1-22(2,3)27-20-10-6-5-9-18(20)16-25-21(23-4)24-15-7-8-17-11-13-19(26)14-12-17/h5-6,9-14,26H,7-8,15-16H2,1-4H3,(H2,23,24,25). The molecule has 0 amide bonds. The summed E-state index contributed by atoms with van der Waals surface area (Å²) in [6.45, 7) is 7.61. The second-order valence-electron chi connectivity index (χ2n) is 7.44. The van der Waals surface area contributed by atoms with Crippen molar-refractivity contribution in [3.63, 3.8) is 0 Å². The van der Waals surface area contributed by atoms with Crippen LogP contribution >= 0.6 is 0 Å². The van der Waals surface area contributed by atoms with Crippen molar-refractivity contribution in [3.8, 4) is 11.5 Å². The summed E-state index contributed by atoms with van der Waals surface area (Å²) in [5, 5.41) is 16.0. The van der Waals surface area contributed by atoms with E-state index < -0.39 is 0 Å². The predicted molar refractivity (Wildman–Crippen MR) is 111 cm³/mol. The van der Waals surface area contributed by atoms with E-state index in [4.69, 9.17) is 4.74 Å². The lowest BCUT2D eigenvalue weighted by Crippen LogP contribution is -2.37. The summed E-state index contributed by atoms with van der Waals surface area (Å²) < 4.78 is 6.04. The quantitative estimate of drug-likeness (QED) is 0.394. The summed E-state index contributed by atoms with van der Waals surface area (Å²) in [5.74, 6) is 1.96. The van der Waals surface area contributed by atoms with Gasteiger partial charge in [0, 0.05) is 25.7 Å². The number of ether oxygens (including phenoxy) is 1. The molecule has 0 saturated carbocycles. The number of phenolic OH excluding ortho intramolecular Hbond substituents is 1. The van der Waals surface area contributed by atoms with Gasteiger partial charge in [-0.05, 0) is 57.4 Å². The molecule has 0 aromatic heterocycles. The molecule has 0 aliphatic heterocycles. The van der Waals surface area contributed by atoms with E-state index in [1.54, 1.807) is 19.2 Å². The van der Waals surface area contributed by atoms with Gasteiger partial charge in [-0.15, -0.1) is 0 Å². The first kappa shape index (κ1) is 20.6. The van der Waals surface area contributed by atoms with E-state index in [0.717, 1.165) is 36.7 Å². The summed E-state index contributed by atoms with van der Waals surface area (Å²) in [6.07, 6.45) is 1.93. The Bertz CT molecular complexity index is 734. The Morgan fingerprint density at radius 3 is 2.41 bits per heavy atom. The fourth-order valence-electron chi connectivity index (χ4n) is 2.64. The highest BCUT2D eigenvalue weighted by Gasteiger charge is 2.14. The van der Waals surface area contributed by atoms with Crippen molar-refractivity contribution in [2.45, 2.75) is 45.8 Å². The zero-order valence-corrected chi connectivity index (χ0v) is 16.7. The molecule has 0 aliphatic rings. The Kier molecular flexibility index (Phi) is 7.53. The molecule has 3 N–H and O–H groups in total. The first-order valence-electron chi connectivity index (χ1n) is 9.37. The van der Waals surface area contributed by atoms with Gasteiger partial charge in [0.2, 0.25) is 0 Å². The van der Waals surface area contributed by atoms with Crippen molar-refractivity contribution in [2.75, 3.05) is 13.6 Å². The summed E-state index contributed by atoms with van der Waals surface area (Å²) >= 11 is 0. The van der Waals surface area contributed by atoms with Crippen LogP contribution in [0.4, 0.5) is 0 Å². The van der Waals surface area contributed by atoms with E-state index in [0.29, 0.717) is 12.3 Å². The molecule has 0 heterocycles. The molecular weight excluding hydrogens is 338 g/mol. The summed E-state index contributed by atoms with van der Waals surface area (Å²) in [5.41, 5.74) is 2.08. The Balaban J connectivity index is 1.79. The minimum absolute atomic E-state index is 0.232. The number of guanidine groups is 1. The SMILES string of the molecule is CN=C(NCCCc1ccc(O)cc1)NCc1ccccc1OC(C)(C)C. The number of aliphatic imine (C=N–C) groups is 1. The van der Waals surface area contributed by atoms with Gasteiger partial charge in [-0.3, -0.25) is 4.99 Å². The van der Waals surface area contributed by atoms with Crippen molar-refractivity contribution >= 4 is 5.96 Å². The fraction of sp³-hybridized carbons (Fsp3) is 0.409. The highest BCUT2D eigenvalue weighted by Crippen LogP contribution is 2.22. The maximum atomic E-state index is 9.32. The van der Waals surface area contributed by atoms with Crippen molar-refractivity contribution in [1.82, 2.24) is 10.6 Å². The maximum absolute atomic E-state index is 9.32. The van der Waals surface area contributed by atoms with Crippen molar-refractivity contribution in [2.24, 2.45) is 4.99 Å². The highest BCUT2D eigenvalue weighted by molar-refractivity contribution is 5.79. The Morgan fingerprint density at radius 1 is 1.04 bits per heavy atom. The van der Waals surface area contributed by atoms with E-state index in [-0.39, 0.29) is 5.60 Å². The van der Waals surface area contributed by atoms with Crippen LogP contribution in [-0.2, 0) is 13.0 Å². The predicted octanol–water partition coefficient (Wildman–Crippen LogP) is 3.87. The lowest BCUT2D eigenvalue weighted by atomic mass is 10.1. The number of para-hydroxylation sites is 1. The molecule has 0 unspecified atom stereocenters. The lowest BCUT2D eigenvalue weighted by molar-refractivity contribution is 0.129. The van der Waals surface area contributed by atoms with E-state index in [2.05, 4.69) is 21.7 Å². The smallest absolute Gasteiger partial charge is 0.191 e. The number of nitrogens with zero attached hydrogens (tertiary/aromatic N) is 1. The molecular formula is C22H31N3O2. The molecule has 27 heavy (non-hydrogen) atoms. The summed E-state index contributed by atoms with van der Waals surface area (Å²) in [4.78, 5) is 4.28. The van der Waals surface area contributed by atoms with E-state index in [9.17, 15) is 5.11 Å². The number of hydrogen-bond acceptors (Lipinski definition) is 3. The Morgan fingerprint density at radius 2 is 1.74 bits per heavy atom. The van der Waals surface area contributed by atoms with Crippen LogP contribution in [0.15, 0.2) is 53.5 Å². The van der Waals surface area contributed by atoms with E-state index >= 15 is 0 Å². The minimum Gasteiger partial charge on any atom is -0.508 e. The van der Waals surface area contributed by atoms with Gasteiger partial charge in [-0.25, -0.2) is 0 Å². The third-order valence-electron chi connectivity index (χ3n) is 3.93. The number of hydrogen-bond donors (Lipinski definition) is 3. The Hall–Kier alpha value is -2.69. The van der Waals surface area contributed by atoms with Gasteiger partial charge in [-0.2, -0.15) is 0 Å². The van der Waals surface area contributed by atoms with Gasteiger partial charge in [0.15, 0.2) is 5.96 Å². The molecule has 2 rings (SSSR count). The van der Waals surface area contributed by atoms with Crippen LogP contribution in [0.5, 0.6) is 11.5 Å².